The van der Waals surface area contributed by atoms with E-state index in [0.717, 1.165) is 47.4 Å². The number of rotatable bonds is 14. The van der Waals surface area contributed by atoms with E-state index in [-0.39, 0.29) is 0 Å². The van der Waals surface area contributed by atoms with E-state index in [2.05, 4.69) is 82.4 Å². The maximum Gasteiger partial charge on any atom is 0.124 e. The van der Waals surface area contributed by atoms with Gasteiger partial charge in [0.05, 0.1) is 6.61 Å². The van der Waals surface area contributed by atoms with Gasteiger partial charge in [0.1, 0.15) is 18.1 Å². The van der Waals surface area contributed by atoms with Crippen molar-refractivity contribution in [2.24, 2.45) is 5.92 Å². The van der Waals surface area contributed by atoms with Crippen molar-refractivity contribution in [2.75, 3.05) is 11.9 Å². The Morgan fingerprint density at radius 2 is 1.63 bits per heavy atom. The average Bonchev–Trinajstić information content (AvgIpc) is 2.87. The first-order chi connectivity index (χ1) is 17.0. The fourth-order valence-electron chi connectivity index (χ4n) is 4.53. The topological polar surface area (TPSA) is 30.5 Å². The Hall–Kier alpha value is -2.94. The van der Waals surface area contributed by atoms with Crippen LogP contribution in [0.2, 0.25) is 0 Å². The fraction of sp³-hybridized carbons (Fsp3) is 0.438. The molecular weight excluding hydrogens is 430 g/mol. The molecule has 0 spiro atoms. The summed E-state index contributed by atoms with van der Waals surface area (Å²) in [4.78, 5) is 0. The largest absolute Gasteiger partial charge is 0.493 e. The predicted octanol–water partition coefficient (Wildman–Crippen LogP) is 9.43. The van der Waals surface area contributed by atoms with E-state index in [1.54, 1.807) is 0 Å². The van der Waals surface area contributed by atoms with Gasteiger partial charge in [0.15, 0.2) is 0 Å². The summed E-state index contributed by atoms with van der Waals surface area (Å²) in [6.07, 6.45) is 6.21. The van der Waals surface area contributed by atoms with Crippen molar-refractivity contribution in [3.63, 3.8) is 0 Å². The van der Waals surface area contributed by atoms with E-state index in [0.29, 0.717) is 12.5 Å². The van der Waals surface area contributed by atoms with Crippen LogP contribution < -0.4 is 14.8 Å². The standard InChI is InChI=1S/C32H43NO2/c1-6-13-26(7-2)16-12-21-34-32-18-11-17-30(25(32)5)33-31-20-19-28(22-29(31)24(3)4)35-23-27-14-9-8-10-15-27/h8-11,14-15,17-20,22,24,26,33H,6-7,12-13,16,21,23H2,1-5H3. The third-order valence-corrected chi connectivity index (χ3v) is 6.74. The molecule has 0 aliphatic rings. The highest BCUT2D eigenvalue weighted by Crippen LogP contribution is 2.34. The maximum absolute atomic E-state index is 6.20. The van der Waals surface area contributed by atoms with Crippen LogP contribution in [-0.4, -0.2) is 6.61 Å². The second-order valence-electron chi connectivity index (χ2n) is 9.79. The third kappa shape index (κ3) is 8.06. The van der Waals surface area contributed by atoms with Gasteiger partial charge in [-0.3, -0.25) is 0 Å². The molecule has 0 aromatic heterocycles. The summed E-state index contributed by atoms with van der Waals surface area (Å²) >= 11 is 0. The van der Waals surface area contributed by atoms with Crippen LogP contribution in [0.25, 0.3) is 0 Å². The Labute approximate surface area is 212 Å². The van der Waals surface area contributed by atoms with Gasteiger partial charge in [-0.1, -0.05) is 83.4 Å². The van der Waals surface area contributed by atoms with E-state index in [9.17, 15) is 0 Å². The lowest BCUT2D eigenvalue weighted by Crippen LogP contribution is -2.05. The molecular formula is C32H43NO2. The number of nitrogens with one attached hydrogen (secondary N) is 1. The van der Waals surface area contributed by atoms with Gasteiger partial charge in [-0.15, -0.1) is 0 Å². The summed E-state index contributed by atoms with van der Waals surface area (Å²) in [6.45, 7) is 12.5. The molecule has 3 rings (SSSR count). The highest BCUT2D eigenvalue weighted by atomic mass is 16.5. The molecule has 1 N–H and O–H groups in total. The van der Waals surface area contributed by atoms with E-state index < -0.39 is 0 Å². The number of ether oxygens (including phenoxy) is 2. The van der Waals surface area contributed by atoms with Crippen molar-refractivity contribution >= 4 is 11.4 Å². The van der Waals surface area contributed by atoms with Crippen molar-refractivity contribution in [1.82, 2.24) is 0 Å². The summed E-state index contributed by atoms with van der Waals surface area (Å²) in [5.41, 5.74) is 5.75. The lowest BCUT2D eigenvalue weighted by atomic mass is 9.96. The highest BCUT2D eigenvalue weighted by Gasteiger charge is 2.12. The fourth-order valence-corrected chi connectivity index (χ4v) is 4.53. The zero-order chi connectivity index (χ0) is 25.0. The molecule has 0 aliphatic heterocycles. The minimum atomic E-state index is 0.368. The van der Waals surface area contributed by atoms with Crippen molar-refractivity contribution < 1.29 is 9.47 Å². The van der Waals surface area contributed by atoms with Crippen LogP contribution >= 0.6 is 0 Å². The predicted molar refractivity (Wildman–Crippen MR) is 149 cm³/mol. The van der Waals surface area contributed by atoms with Crippen LogP contribution in [0.4, 0.5) is 11.4 Å². The first kappa shape index (κ1) is 26.7. The van der Waals surface area contributed by atoms with Gasteiger partial charge in [0, 0.05) is 16.9 Å². The van der Waals surface area contributed by atoms with Crippen molar-refractivity contribution in [3.8, 4) is 11.5 Å². The molecule has 1 unspecified atom stereocenters. The summed E-state index contributed by atoms with van der Waals surface area (Å²) < 4.78 is 12.3. The molecule has 0 aliphatic carbocycles. The summed E-state index contributed by atoms with van der Waals surface area (Å²) in [7, 11) is 0. The molecule has 0 amide bonds. The van der Waals surface area contributed by atoms with E-state index >= 15 is 0 Å². The Balaban J connectivity index is 1.65. The second kappa shape index (κ2) is 13.8. The molecule has 188 valence electrons. The normalized spacial score (nSPS) is 11.9. The van der Waals surface area contributed by atoms with Crippen LogP contribution in [-0.2, 0) is 6.61 Å². The lowest BCUT2D eigenvalue weighted by Gasteiger charge is -2.19. The minimum absolute atomic E-state index is 0.368. The molecule has 0 saturated heterocycles. The molecule has 3 heteroatoms. The number of anilines is 2. The van der Waals surface area contributed by atoms with Gasteiger partial charge in [0.25, 0.3) is 0 Å². The Kier molecular flexibility index (Phi) is 10.5. The number of hydrogen-bond acceptors (Lipinski definition) is 3. The molecule has 0 radical (unpaired) electrons. The van der Waals surface area contributed by atoms with Crippen molar-refractivity contribution in [2.45, 2.75) is 79.2 Å². The molecule has 1 atom stereocenters. The molecule has 3 aromatic rings. The Bertz CT molecular complexity index is 1030. The second-order valence-corrected chi connectivity index (χ2v) is 9.79. The van der Waals surface area contributed by atoms with Gasteiger partial charge >= 0.3 is 0 Å². The van der Waals surface area contributed by atoms with E-state index in [1.807, 2.05) is 24.3 Å². The molecule has 3 nitrogen and oxygen atoms in total. The molecule has 0 bridgehead atoms. The average molecular weight is 474 g/mol. The number of benzene rings is 3. The van der Waals surface area contributed by atoms with Gasteiger partial charge in [-0.2, -0.15) is 0 Å². The van der Waals surface area contributed by atoms with Crippen LogP contribution in [0.15, 0.2) is 66.7 Å². The van der Waals surface area contributed by atoms with Gasteiger partial charge < -0.3 is 14.8 Å². The monoisotopic (exact) mass is 473 g/mol. The molecule has 0 saturated carbocycles. The van der Waals surface area contributed by atoms with Crippen LogP contribution in [0.1, 0.15) is 82.4 Å². The number of hydrogen-bond donors (Lipinski definition) is 1. The Morgan fingerprint density at radius 3 is 2.34 bits per heavy atom. The lowest BCUT2D eigenvalue weighted by molar-refractivity contribution is 0.285. The molecule has 0 fully saturated rings. The molecule has 35 heavy (non-hydrogen) atoms. The minimum Gasteiger partial charge on any atom is -0.493 e. The van der Waals surface area contributed by atoms with Crippen LogP contribution in [0, 0.1) is 12.8 Å². The highest BCUT2D eigenvalue weighted by molar-refractivity contribution is 5.69. The van der Waals surface area contributed by atoms with E-state index in [1.165, 1.54) is 36.8 Å². The van der Waals surface area contributed by atoms with Crippen molar-refractivity contribution in [1.29, 1.82) is 0 Å². The summed E-state index contributed by atoms with van der Waals surface area (Å²) in [5, 5.41) is 3.66. The first-order valence-corrected chi connectivity index (χ1v) is 13.3. The molecule has 3 aromatic carbocycles. The summed E-state index contributed by atoms with van der Waals surface area (Å²) in [5.74, 6) is 3.05. The zero-order valence-corrected chi connectivity index (χ0v) is 22.3. The van der Waals surface area contributed by atoms with Gasteiger partial charge in [0.2, 0.25) is 0 Å². The van der Waals surface area contributed by atoms with Crippen LogP contribution in [0.3, 0.4) is 0 Å². The quantitative estimate of drug-likeness (QED) is 0.236. The van der Waals surface area contributed by atoms with Crippen LogP contribution in [0.5, 0.6) is 11.5 Å². The molecule has 0 heterocycles. The Morgan fingerprint density at radius 1 is 0.829 bits per heavy atom. The first-order valence-electron chi connectivity index (χ1n) is 13.3. The van der Waals surface area contributed by atoms with Gasteiger partial charge in [-0.25, -0.2) is 0 Å². The van der Waals surface area contributed by atoms with Crippen molar-refractivity contribution in [3.05, 3.63) is 83.4 Å². The zero-order valence-electron chi connectivity index (χ0n) is 22.3. The SMILES string of the molecule is CCCC(CC)CCCOc1cccc(Nc2ccc(OCc3ccccc3)cc2C(C)C)c1C. The van der Waals surface area contributed by atoms with E-state index in [4.69, 9.17) is 9.47 Å². The smallest absolute Gasteiger partial charge is 0.124 e. The third-order valence-electron chi connectivity index (χ3n) is 6.74. The maximum atomic E-state index is 6.20. The summed E-state index contributed by atoms with van der Waals surface area (Å²) in [6, 6.07) is 22.9. The van der Waals surface area contributed by atoms with Gasteiger partial charge in [-0.05, 0) is 73.1 Å².